The first-order chi connectivity index (χ1) is 6.15. The highest BCUT2D eigenvalue weighted by Crippen LogP contribution is 2.57. The summed E-state index contributed by atoms with van der Waals surface area (Å²) in [6, 6.07) is 0. The molecule has 0 aromatic heterocycles. The van der Waals surface area contributed by atoms with E-state index in [1.54, 1.807) is 0 Å². The Balaban J connectivity index is 2.43. The van der Waals surface area contributed by atoms with Crippen molar-refractivity contribution >= 4 is 12.1 Å². The van der Waals surface area contributed by atoms with Crippen molar-refractivity contribution in [1.29, 1.82) is 0 Å². The lowest BCUT2D eigenvalue weighted by atomic mass is 9.59. The largest absolute Gasteiger partial charge is 0.302 e. The molecular formula is C11H16O2. The highest BCUT2D eigenvalue weighted by molar-refractivity contribution is 6.01. The maximum Gasteiger partial charge on any atom is 0.146 e. The number of aldehydes is 1. The summed E-state index contributed by atoms with van der Waals surface area (Å²) in [5.74, 6) is 0.199. The van der Waals surface area contributed by atoms with Crippen molar-refractivity contribution in [2.24, 2.45) is 10.8 Å². The normalized spacial score (nSPS) is 44.5. The molecule has 0 aliphatic heterocycles. The minimum absolute atomic E-state index is 0.00984. The summed E-state index contributed by atoms with van der Waals surface area (Å²) in [5, 5.41) is 0. The van der Waals surface area contributed by atoms with Gasteiger partial charge in [0.1, 0.15) is 12.1 Å². The van der Waals surface area contributed by atoms with Crippen molar-refractivity contribution in [2.75, 3.05) is 0 Å². The zero-order chi connectivity index (χ0) is 9.53. The molecule has 13 heavy (non-hydrogen) atoms. The van der Waals surface area contributed by atoms with Gasteiger partial charge in [-0.3, -0.25) is 4.79 Å². The molecule has 0 amide bonds. The zero-order valence-corrected chi connectivity index (χ0v) is 8.14. The van der Waals surface area contributed by atoms with Gasteiger partial charge in [-0.25, -0.2) is 0 Å². The highest BCUT2D eigenvalue weighted by Gasteiger charge is 2.58. The smallest absolute Gasteiger partial charge is 0.146 e. The number of carbonyl (C=O) groups excluding carboxylic acids is 2. The molecule has 0 heterocycles. The second-order valence-corrected chi connectivity index (χ2v) is 4.78. The second-order valence-electron chi connectivity index (χ2n) is 4.78. The molecule has 0 aromatic rings. The van der Waals surface area contributed by atoms with Crippen LogP contribution in [0, 0.1) is 10.8 Å². The Hall–Kier alpha value is -0.660. The van der Waals surface area contributed by atoms with Gasteiger partial charge in [0, 0.05) is 6.42 Å². The molecule has 2 aliphatic rings. The van der Waals surface area contributed by atoms with Crippen LogP contribution in [0.5, 0.6) is 0 Å². The van der Waals surface area contributed by atoms with Crippen LogP contribution in [0.3, 0.4) is 0 Å². The summed E-state index contributed by atoms with van der Waals surface area (Å²) in [4.78, 5) is 22.9. The van der Waals surface area contributed by atoms with Gasteiger partial charge >= 0.3 is 0 Å². The molecule has 0 radical (unpaired) electrons. The van der Waals surface area contributed by atoms with Gasteiger partial charge in [0.05, 0.1) is 5.41 Å². The molecular weight excluding hydrogens is 164 g/mol. The fourth-order valence-electron chi connectivity index (χ4n) is 3.15. The number of rotatable bonds is 1. The van der Waals surface area contributed by atoms with Crippen LogP contribution in [-0.4, -0.2) is 12.1 Å². The number of carbonyl (C=O) groups is 2. The molecule has 2 saturated carbocycles. The minimum atomic E-state index is -0.592. The molecule has 0 unspecified atom stereocenters. The Morgan fingerprint density at radius 2 is 1.92 bits per heavy atom. The lowest BCUT2D eigenvalue weighted by molar-refractivity contribution is -0.140. The summed E-state index contributed by atoms with van der Waals surface area (Å²) in [6.45, 7) is 2.12. The van der Waals surface area contributed by atoms with Crippen LogP contribution in [-0.2, 0) is 9.59 Å². The van der Waals surface area contributed by atoms with Crippen LogP contribution >= 0.6 is 0 Å². The van der Waals surface area contributed by atoms with E-state index in [4.69, 9.17) is 0 Å². The van der Waals surface area contributed by atoms with E-state index in [9.17, 15) is 9.59 Å². The number of fused-ring (bicyclic) bond motifs is 1. The van der Waals surface area contributed by atoms with Gasteiger partial charge < -0.3 is 4.79 Å². The van der Waals surface area contributed by atoms with E-state index in [-0.39, 0.29) is 11.2 Å². The van der Waals surface area contributed by atoms with Crippen molar-refractivity contribution in [3.05, 3.63) is 0 Å². The SMILES string of the molecule is C[C@@]12CCCC[C@]1(C=O)C(=O)CC2. The number of hydrogen-bond acceptors (Lipinski definition) is 2. The number of ketones is 1. The summed E-state index contributed by atoms with van der Waals surface area (Å²) < 4.78 is 0. The van der Waals surface area contributed by atoms with E-state index in [0.29, 0.717) is 6.42 Å². The number of hydrogen-bond donors (Lipinski definition) is 0. The third-order valence-electron chi connectivity index (χ3n) is 4.23. The van der Waals surface area contributed by atoms with Gasteiger partial charge in [0.25, 0.3) is 0 Å². The second kappa shape index (κ2) is 2.66. The molecule has 0 saturated heterocycles. The third kappa shape index (κ3) is 0.946. The predicted octanol–water partition coefficient (Wildman–Crippen LogP) is 2.11. The van der Waals surface area contributed by atoms with Gasteiger partial charge in [0.15, 0.2) is 0 Å². The van der Waals surface area contributed by atoms with Crippen molar-refractivity contribution in [3.63, 3.8) is 0 Å². The van der Waals surface area contributed by atoms with E-state index in [2.05, 4.69) is 6.92 Å². The Labute approximate surface area is 78.7 Å². The molecule has 2 atom stereocenters. The van der Waals surface area contributed by atoms with Gasteiger partial charge in [-0.2, -0.15) is 0 Å². The standard InChI is InChI=1S/C11H16O2/c1-10-5-2-3-6-11(10,8-12)9(13)4-7-10/h8H,2-7H2,1H3/t10-,11-/m0/s1. The van der Waals surface area contributed by atoms with E-state index in [0.717, 1.165) is 32.0 Å². The van der Waals surface area contributed by atoms with Crippen LogP contribution in [0.2, 0.25) is 0 Å². The van der Waals surface area contributed by atoms with Crippen molar-refractivity contribution in [1.82, 2.24) is 0 Å². The highest BCUT2D eigenvalue weighted by atomic mass is 16.1. The molecule has 0 bridgehead atoms. The molecule has 0 spiro atoms. The first kappa shape index (κ1) is 8.92. The lowest BCUT2D eigenvalue weighted by Crippen LogP contribution is -2.43. The summed E-state index contributed by atoms with van der Waals surface area (Å²) in [5.41, 5.74) is -0.602. The molecule has 2 nitrogen and oxygen atoms in total. The first-order valence-electron chi connectivity index (χ1n) is 5.14. The maximum atomic E-state index is 11.7. The maximum absolute atomic E-state index is 11.7. The fraction of sp³-hybridized carbons (Fsp3) is 0.818. The van der Waals surface area contributed by atoms with Crippen LogP contribution in [0.1, 0.15) is 45.4 Å². The summed E-state index contributed by atoms with van der Waals surface area (Å²) in [6.07, 6.45) is 6.56. The summed E-state index contributed by atoms with van der Waals surface area (Å²) >= 11 is 0. The quantitative estimate of drug-likeness (QED) is 0.457. The van der Waals surface area contributed by atoms with Crippen molar-refractivity contribution in [2.45, 2.75) is 45.4 Å². The van der Waals surface area contributed by atoms with Crippen LogP contribution in [0.4, 0.5) is 0 Å². The van der Waals surface area contributed by atoms with Crippen LogP contribution in [0.25, 0.3) is 0 Å². The topological polar surface area (TPSA) is 34.1 Å². The van der Waals surface area contributed by atoms with E-state index in [1.165, 1.54) is 6.42 Å². The molecule has 0 aromatic carbocycles. The number of Topliss-reactive ketones (excluding diaryl/α,β-unsaturated/α-hetero) is 1. The average molecular weight is 180 g/mol. The molecule has 2 rings (SSSR count). The van der Waals surface area contributed by atoms with Gasteiger partial charge in [0.2, 0.25) is 0 Å². The fourth-order valence-corrected chi connectivity index (χ4v) is 3.15. The van der Waals surface area contributed by atoms with Gasteiger partial charge in [-0.15, -0.1) is 0 Å². The molecule has 2 aliphatic carbocycles. The Bertz CT molecular complexity index is 259. The predicted molar refractivity (Wildman–Crippen MR) is 49.3 cm³/mol. The monoisotopic (exact) mass is 180 g/mol. The molecule has 0 N–H and O–H groups in total. The average Bonchev–Trinajstić information content (AvgIpc) is 2.40. The molecule has 2 heteroatoms. The van der Waals surface area contributed by atoms with E-state index in [1.807, 2.05) is 0 Å². The van der Waals surface area contributed by atoms with Gasteiger partial charge in [-0.05, 0) is 24.7 Å². The zero-order valence-electron chi connectivity index (χ0n) is 8.14. The van der Waals surface area contributed by atoms with Crippen LogP contribution < -0.4 is 0 Å². The Kier molecular flexibility index (Phi) is 1.83. The Morgan fingerprint density at radius 1 is 1.23 bits per heavy atom. The minimum Gasteiger partial charge on any atom is -0.302 e. The third-order valence-corrected chi connectivity index (χ3v) is 4.23. The Morgan fingerprint density at radius 3 is 2.54 bits per heavy atom. The first-order valence-corrected chi connectivity index (χ1v) is 5.14. The van der Waals surface area contributed by atoms with Crippen molar-refractivity contribution < 1.29 is 9.59 Å². The van der Waals surface area contributed by atoms with Crippen molar-refractivity contribution in [3.8, 4) is 0 Å². The van der Waals surface area contributed by atoms with Gasteiger partial charge in [-0.1, -0.05) is 19.8 Å². The summed E-state index contributed by atoms with van der Waals surface area (Å²) in [7, 11) is 0. The van der Waals surface area contributed by atoms with E-state index < -0.39 is 5.41 Å². The molecule has 2 fully saturated rings. The molecule has 72 valence electrons. The lowest BCUT2D eigenvalue weighted by Gasteiger charge is -2.42. The van der Waals surface area contributed by atoms with E-state index >= 15 is 0 Å². The van der Waals surface area contributed by atoms with Crippen LogP contribution in [0.15, 0.2) is 0 Å².